The van der Waals surface area contributed by atoms with Crippen LogP contribution >= 0.6 is 15.9 Å². The molecule has 5 heteroatoms. The molecule has 0 aliphatic rings. The lowest BCUT2D eigenvalue weighted by Crippen LogP contribution is -2.06. The lowest BCUT2D eigenvalue weighted by Gasteiger charge is -2.12. The summed E-state index contributed by atoms with van der Waals surface area (Å²) in [6.07, 6.45) is 0. The largest absolute Gasteiger partial charge is 0.496 e. The maximum absolute atomic E-state index is 5.70. The van der Waals surface area contributed by atoms with Crippen molar-refractivity contribution in [1.82, 2.24) is 9.55 Å². The minimum atomic E-state index is 0.420. The molecule has 102 valence electrons. The van der Waals surface area contributed by atoms with Crippen LogP contribution in [-0.4, -0.2) is 16.7 Å². The number of halogens is 1. The van der Waals surface area contributed by atoms with Crippen LogP contribution < -0.4 is 10.5 Å². The molecule has 0 bridgehead atoms. The Kier molecular flexibility index (Phi) is 3.96. The molecule has 2 aromatic rings. The van der Waals surface area contributed by atoms with E-state index in [4.69, 9.17) is 10.5 Å². The fourth-order valence-electron chi connectivity index (χ4n) is 2.25. The van der Waals surface area contributed by atoms with Crippen molar-refractivity contribution in [3.05, 3.63) is 33.7 Å². The molecular weight excluding hydrogens is 306 g/mol. The van der Waals surface area contributed by atoms with Gasteiger partial charge in [0, 0.05) is 12.6 Å². The third-order valence-electron chi connectivity index (χ3n) is 3.32. The van der Waals surface area contributed by atoms with Gasteiger partial charge in [0.2, 0.25) is 0 Å². The average Bonchev–Trinajstić information content (AvgIpc) is 2.67. The number of nitrogens with two attached hydrogens (primary N) is 1. The molecule has 2 rings (SSSR count). The fraction of sp³-hybridized carbons (Fsp3) is 0.357. The van der Waals surface area contributed by atoms with Crippen molar-refractivity contribution in [2.75, 3.05) is 7.11 Å². The number of ether oxygens (including phenoxy) is 1. The van der Waals surface area contributed by atoms with Gasteiger partial charge in [-0.3, -0.25) is 0 Å². The summed E-state index contributed by atoms with van der Waals surface area (Å²) >= 11 is 3.52. The van der Waals surface area contributed by atoms with Crippen LogP contribution in [0.5, 0.6) is 5.75 Å². The van der Waals surface area contributed by atoms with Gasteiger partial charge in [-0.05, 0) is 53.0 Å². The van der Waals surface area contributed by atoms with Crippen LogP contribution in [0.25, 0.3) is 11.3 Å². The molecule has 2 N–H and O–H groups in total. The molecule has 0 spiro atoms. The molecule has 0 aliphatic heterocycles. The number of hydrogen-bond acceptors (Lipinski definition) is 3. The highest BCUT2D eigenvalue weighted by Gasteiger charge is 2.16. The smallest absolute Gasteiger partial charge is 0.132 e. The summed E-state index contributed by atoms with van der Waals surface area (Å²) in [5.74, 6) is 1.76. The second-order valence-electron chi connectivity index (χ2n) is 4.57. The Labute approximate surface area is 121 Å². The lowest BCUT2D eigenvalue weighted by atomic mass is 10.0. The lowest BCUT2D eigenvalue weighted by molar-refractivity contribution is 0.411. The van der Waals surface area contributed by atoms with Gasteiger partial charge in [0.15, 0.2) is 0 Å². The van der Waals surface area contributed by atoms with E-state index in [0.717, 1.165) is 38.6 Å². The molecule has 0 amide bonds. The molecule has 0 saturated heterocycles. The molecule has 19 heavy (non-hydrogen) atoms. The normalized spacial score (nSPS) is 10.8. The fourth-order valence-corrected chi connectivity index (χ4v) is 2.93. The SMILES string of the molecule is COc1cc(C)c(-c2c(Br)nc(CN)n2C)cc1C. The van der Waals surface area contributed by atoms with Gasteiger partial charge in [0.25, 0.3) is 0 Å². The van der Waals surface area contributed by atoms with Crippen molar-refractivity contribution in [3.8, 4) is 17.0 Å². The Morgan fingerprint density at radius 2 is 2.00 bits per heavy atom. The topological polar surface area (TPSA) is 53.1 Å². The van der Waals surface area contributed by atoms with Crippen molar-refractivity contribution >= 4 is 15.9 Å². The highest BCUT2D eigenvalue weighted by Crippen LogP contribution is 2.34. The number of hydrogen-bond donors (Lipinski definition) is 1. The maximum Gasteiger partial charge on any atom is 0.132 e. The molecule has 0 atom stereocenters. The molecule has 4 nitrogen and oxygen atoms in total. The van der Waals surface area contributed by atoms with E-state index < -0.39 is 0 Å². The molecule has 1 aromatic carbocycles. The van der Waals surface area contributed by atoms with Crippen molar-refractivity contribution in [1.29, 1.82) is 0 Å². The van der Waals surface area contributed by atoms with Crippen LogP contribution in [0.15, 0.2) is 16.7 Å². The molecule has 1 aromatic heterocycles. The van der Waals surface area contributed by atoms with Gasteiger partial charge in [-0.1, -0.05) is 0 Å². The van der Waals surface area contributed by atoms with Crippen molar-refractivity contribution in [3.63, 3.8) is 0 Å². The van der Waals surface area contributed by atoms with E-state index in [2.05, 4.69) is 33.9 Å². The van der Waals surface area contributed by atoms with Crippen LogP contribution in [0.2, 0.25) is 0 Å². The molecule has 0 radical (unpaired) electrons. The summed E-state index contributed by atoms with van der Waals surface area (Å²) in [4.78, 5) is 4.44. The number of nitrogens with zero attached hydrogens (tertiary/aromatic N) is 2. The van der Waals surface area contributed by atoms with Gasteiger partial charge in [-0.25, -0.2) is 4.98 Å². The van der Waals surface area contributed by atoms with E-state index in [1.807, 2.05) is 24.6 Å². The zero-order valence-electron chi connectivity index (χ0n) is 11.6. The molecule has 0 fully saturated rings. The Hall–Kier alpha value is -1.33. The summed E-state index contributed by atoms with van der Waals surface area (Å²) in [6, 6.07) is 4.17. The standard InChI is InChI=1S/C14H18BrN3O/c1-8-6-11(19-4)9(2)5-10(8)13-14(15)17-12(7-16)18(13)3/h5-6H,7,16H2,1-4H3. The van der Waals surface area contributed by atoms with Crippen LogP contribution in [0.4, 0.5) is 0 Å². The second-order valence-corrected chi connectivity index (χ2v) is 5.32. The number of rotatable bonds is 3. The van der Waals surface area contributed by atoms with Gasteiger partial charge in [0.05, 0.1) is 19.3 Å². The van der Waals surface area contributed by atoms with Gasteiger partial charge in [0.1, 0.15) is 16.2 Å². The van der Waals surface area contributed by atoms with Crippen molar-refractivity contribution < 1.29 is 4.74 Å². The highest BCUT2D eigenvalue weighted by atomic mass is 79.9. The van der Waals surface area contributed by atoms with Gasteiger partial charge in [-0.15, -0.1) is 0 Å². The van der Waals surface area contributed by atoms with Crippen LogP contribution in [0.3, 0.4) is 0 Å². The Bertz CT molecular complexity index is 620. The first-order valence-corrected chi connectivity index (χ1v) is 6.85. The predicted molar refractivity (Wildman–Crippen MR) is 80.3 cm³/mol. The third-order valence-corrected chi connectivity index (χ3v) is 3.88. The molecular formula is C14H18BrN3O. The Morgan fingerprint density at radius 3 is 2.53 bits per heavy atom. The van der Waals surface area contributed by atoms with Crippen LogP contribution in [0, 0.1) is 13.8 Å². The zero-order chi connectivity index (χ0) is 14.2. The van der Waals surface area contributed by atoms with Crippen molar-refractivity contribution in [2.24, 2.45) is 12.8 Å². The first-order chi connectivity index (χ1) is 8.99. The van der Waals surface area contributed by atoms with E-state index in [1.165, 1.54) is 0 Å². The first-order valence-electron chi connectivity index (χ1n) is 6.06. The third kappa shape index (κ3) is 2.40. The van der Waals surface area contributed by atoms with Gasteiger partial charge >= 0.3 is 0 Å². The van der Waals surface area contributed by atoms with E-state index >= 15 is 0 Å². The second kappa shape index (κ2) is 5.35. The average molecular weight is 324 g/mol. The number of methoxy groups -OCH3 is 1. The number of imidazole rings is 1. The van der Waals surface area contributed by atoms with Crippen LogP contribution in [0.1, 0.15) is 17.0 Å². The summed E-state index contributed by atoms with van der Waals surface area (Å²) in [5.41, 5.74) is 10.1. The highest BCUT2D eigenvalue weighted by molar-refractivity contribution is 9.10. The zero-order valence-corrected chi connectivity index (χ0v) is 13.2. The summed E-state index contributed by atoms with van der Waals surface area (Å²) < 4.78 is 8.20. The molecule has 0 unspecified atom stereocenters. The minimum absolute atomic E-state index is 0.420. The van der Waals surface area contributed by atoms with E-state index in [1.54, 1.807) is 7.11 Å². The summed E-state index contributed by atoms with van der Waals surface area (Å²) in [5, 5.41) is 0. The van der Waals surface area contributed by atoms with Crippen LogP contribution in [-0.2, 0) is 13.6 Å². The molecule has 1 heterocycles. The summed E-state index contributed by atoms with van der Waals surface area (Å²) in [7, 11) is 3.67. The van der Waals surface area contributed by atoms with Gasteiger partial charge in [-0.2, -0.15) is 0 Å². The molecule has 0 saturated carbocycles. The first kappa shape index (κ1) is 14.1. The van der Waals surface area contributed by atoms with E-state index in [-0.39, 0.29) is 0 Å². The maximum atomic E-state index is 5.70. The van der Waals surface area contributed by atoms with E-state index in [9.17, 15) is 0 Å². The quantitative estimate of drug-likeness (QED) is 0.944. The van der Waals surface area contributed by atoms with E-state index in [0.29, 0.717) is 6.54 Å². The monoisotopic (exact) mass is 323 g/mol. The Morgan fingerprint density at radius 1 is 1.32 bits per heavy atom. The Balaban J connectivity index is 2.66. The number of aryl methyl sites for hydroxylation is 2. The molecule has 0 aliphatic carbocycles. The minimum Gasteiger partial charge on any atom is -0.496 e. The van der Waals surface area contributed by atoms with Crippen molar-refractivity contribution in [2.45, 2.75) is 20.4 Å². The van der Waals surface area contributed by atoms with Gasteiger partial charge < -0.3 is 15.0 Å². The summed E-state index contributed by atoms with van der Waals surface area (Å²) in [6.45, 7) is 4.53. The number of benzene rings is 1. The predicted octanol–water partition coefficient (Wildman–Crippen LogP) is 2.93. The number of aromatic nitrogens is 2.